The molecule has 0 saturated heterocycles. The Labute approximate surface area is 109 Å². The zero-order chi connectivity index (χ0) is 13.2. The number of benzene rings is 2. The van der Waals surface area contributed by atoms with Gasteiger partial charge in [-0.2, -0.15) is 0 Å². The minimum atomic E-state index is -0.819. The molecule has 2 aromatic rings. The highest BCUT2D eigenvalue weighted by molar-refractivity contribution is 5.33. The van der Waals surface area contributed by atoms with Crippen LogP contribution in [0.1, 0.15) is 29.2 Å². The van der Waals surface area contributed by atoms with Crippen molar-refractivity contribution in [3.8, 4) is 0 Å². The topological polar surface area (TPSA) is 20.2 Å². The van der Waals surface area contributed by atoms with Crippen LogP contribution in [0.15, 0.2) is 48.5 Å². The average Bonchev–Trinajstić information content (AvgIpc) is 2.32. The van der Waals surface area contributed by atoms with Crippen molar-refractivity contribution in [3.63, 3.8) is 0 Å². The lowest BCUT2D eigenvalue weighted by Gasteiger charge is -2.26. The van der Waals surface area contributed by atoms with Crippen LogP contribution in [0.4, 0.5) is 0 Å². The Morgan fingerprint density at radius 3 is 2.17 bits per heavy atom. The third kappa shape index (κ3) is 2.80. The van der Waals surface area contributed by atoms with Crippen LogP contribution in [-0.2, 0) is 12.0 Å². The van der Waals surface area contributed by atoms with E-state index in [0.717, 1.165) is 16.7 Å². The molecule has 0 fully saturated rings. The Hall–Kier alpha value is -1.60. The predicted octanol–water partition coefficient (Wildman–Crippen LogP) is 3.75. The summed E-state index contributed by atoms with van der Waals surface area (Å²) in [5.41, 5.74) is 3.73. The summed E-state index contributed by atoms with van der Waals surface area (Å²) in [7, 11) is 0. The van der Waals surface area contributed by atoms with E-state index in [-0.39, 0.29) is 0 Å². The van der Waals surface area contributed by atoms with Crippen LogP contribution < -0.4 is 0 Å². The smallest absolute Gasteiger partial charge is 0.0911 e. The minimum absolute atomic E-state index is 0.637. The van der Waals surface area contributed by atoms with Crippen molar-refractivity contribution in [2.45, 2.75) is 32.8 Å². The largest absolute Gasteiger partial charge is 0.385 e. The van der Waals surface area contributed by atoms with E-state index in [0.29, 0.717) is 6.42 Å². The lowest BCUT2D eigenvalue weighted by atomic mass is 9.86. The van der Waals surface area contributed by atoms with Gasteiger partial charge < -0.3 is 5.11 Å². The summed E-state index contributed by atoms with van der Waals surface area (Å²) >= 11 is 0. The van der Waals surface area contributed by atoms with Gasteiger partial charge in [0.2, 0.25) is 0 Å². The number of rotatable bonds is 3. The molecule has 1 unspecified atom stereocenters. The second-order valence-corrected chi connectivity index (χ2v) is 5.25. The number of aryl methyl sites for hydroxylation is 2. The molecule has 0 heterocycles. The zero-order valence-corrected chi connectivity index (χ0v) is 11.3. The van der Waals surface area contributed by atoms with E-state index < -0.39 is 5.60 Å². The molecule has 0 aliphatic rings. The second kappa shape index (κ2) is 4.95. The molecular formula is C17H20O. The molecule has 0 amide bonds. The molecule has 0 radical (unpaired) electrons. The van der Waals surface area contributed by atoms with Gasteiger partial charge in [-0.05, 0) is 37.5 Å². The third-order valence-corrected chi connectivity index (χ3v) is 3.39. The summed E-state index contributed by atoms with van der Waals surface area (Å²) < 4.78 is 0. The van der Waals surface area contributed by atoms with Gasteiger partial charge in [0.15, 0.2) is 0 Å². The third-order valence-electron chi connectivity index (χ3n) is 3.39. The fourth-order valence-corrected chi connectivity index (χ4v) is 2.38. The first kappa shape index (κ1) is 12.8. The first-order valence-corrected chi connectivity index (χ1v) is 6.33. The Bertz CT molecular complexity index is 524. The van der Waals surface area contributed by atoms with Crippen LogP contribution in [-0.4, -0.2) is 5.11 Å². The van der Waals surface area contributed by atoms with Gasteiger partial charge in [0, 0.05) is 6.42 Å². The number of aliphatic hydroxyl groups is 1. The van der Waals surface area contributed by atoms with E-state index in [1.165, 1.54) is 5.56 Å². The van der Waals surface area contributed by atoms with Gasteiger partial charge in [0.1, 0.15) is 0 Å². The summed E-state index contributed by atoms with van der Waals surface area (Å²) in [5, 5.41) is 10.7. The van der Waals surface area contributed by atoms with Crippen LogP contribution in [0.3, 0.4) is 0 Å². The van der Waals surface area contributed by atoms with Crippen molar-refractivity contribution >= 4 is 0 Å². The van der Waals surface area contributed by atoms with Crippen LogP contribution in [0.25, 0.3) is 0 Å². The molecule has 1 atom stereocenters. The van der Waals surface area contributed by atoms with Crippen molar-refractivity contribution in [1.82, 2.24) is 0 Å². The quantitative estimate of drug-likeness (QED) is 0.866. The monoisotopic (exact) mass is 240 g/mol. The second-order valence-electron chi connectivity index (χ2n) is 5.25. The standard InChI is InChI=1S/C17H20O/c1-13-8-10-15(11-9-13)12-17(3,18)16-7-5-4-6-14(16)2/h4-11,18H,12H2,1-3H3. The van der Waals surface area contributed by atoms with Crippen LogP contribution in [0, 0.1) is 13.8 Å². The highest BCUT2D eigenvalue weighted by atomic mass is 16.3. The normalized spacial score (nSPS) is 14.2. The molecule has 0 aliphatic heterocycles. The highest BCUT2D eigenvalue weighted by Crippen LogP contribution is 2.27. The van der Waals surface area contributed by atoms with E-state index in [9.17, 15) is 5.11 Å². The lowest BCUT2D eigenvalue weighted by Crippen LogP contribution is -2.25. The lowest BCUT2D eigenvalue weighted by molar-refractivity contribution is 0.0570. The highest BCUT2D eigenvalue weighted by Gasteiger charge is 2.24. The average molecular weight is 240 g/mol. The maximum atomic E-state index is 10.7. The zero-order valence-electron chi connectivity index (χ0n) is 11.3. The van der Waals surface area contributed by atoms with Crippen LogP contribution in [0.2, 0.25) is 0 Å². The number of hydrogen-bond acceptors (Lipinski definition) is 1. The van der Waals surface area contributed by atoms with Gasteiger partial charge in [0.25, 0.3) is 0 Å². The van der Waals surface area contributed by atoms with Crippen molar-refractivity contribution < 1.29 is 5.11 Å². The Kier molecular flexibility index (Phi) is 3.53. The fraction of sp³-hybridized carbons (Fsp3) is 0.294. The van der Waals surface area contributed by atoms with Crippen molar-refractivity contribution in [2.75, 3.05) is 0 Å². The SMILES string of the molecule is Cc1ccc(CC(C)(O)c2ccccc2C)cc1. The van der Waals surface area contributed by atoms with E-state index in [2.05, 4.69) is 31.2 Å². The molecule has 0 bridgehead atoms. The van der Waals surface area contributed by atoms with Crippen LogP contribution >= 0.6 is 0 Å². The molecule has 18 heavy (non-hydrogen) atoms. The molecule has 1 nitrogen and oxygen atoms in total. The number of hydrogen-bond donors (Lipinski definition) is 1. The Balaban J connectivity index is 2.27. The summed E-state index contributed by atoms with van der Waals surface area (Å²) in [6, 6.07) is 16.4. The molecular weight excluding hydrogens is 220 g/mol. The van der Waals surface area contributed by atoms with Crippen molar-refractivity contribution in [1.29, 1.82) is 0 Å². The Morgan fingerprint density at radius 2 is 1.56 bits per heavy atom. The van der Waals surface area contributed by atoms with Gasteiger partial charge >= 0.3 is 0 Å². The fourth-order valence-electron chi connectivity index (χ4n) is 2.38. The Morgan fingerprint density at radius 1 is 0.944 bits per heavy atom. The van der Waals surface area contributed by atoms with E-state index in [1.807, 2.05) is 38.1 Å². The molecule has 0 aliphatic carbocycles. The summed E-state index contributed by atoms with van der Waals surface area (Å²) in [5.74, 6) is 0. The van der Waals surface area contributed by atoms with Crippen molar-refractivity contribution in [2.24, 2.45) is 0 Å². The van der Waals surface area contributed by atoms with Gasteiger partial charge in [-0.25, -0.2) is 0 Å². The predicted molar refractivity (Wildman–Crippen MR) is 75.6 cm³/mol. The molecule has 2 aromatic carbocycles. The van der Waals surface area contributed by atoms with Gasteiger partial charge in [-0.3, -0.25) is 0 Å². The summed E-state index contributed by atoms with van der Waals surface area (Å²) in [6.45, 7) is 6.00. The maximum Gasteiger partial charge on any atom is 0.0911 e. The first-order chi connectivity index (χ1) is 8.49. The van der Waals surface area contributed by atoms with Crippen molar-refractivity contribution in [3.05, 3.63) is 70.8 Å². The van der Waals surface area contributed by atoms with E-state index in [1.54, 1.807) is 0 Å². The van der Waals surface area contributed by atoms with Gasteiger partial charge in [-0.1, -0.05) is 54.1 Å². The van der Waals surface area contributed by atoms with E-state index in [4.69, 9.17) is 0 Å². The molecule has 0 saturated carbocycles. The first-order valence-electron chi connectivity index (χ1n) is 6.33. The van der Waals surface area contributed by atoms with Gasteiger partial charge in [-0.15, -0.1) is 0 Å². The van der Waals surface area contributed by atoms with Crippen LogP contribution in [0.5, 0.6) is 0 Å². The maximum absolute atomic E-state index is 10.7. The summed E-state index contributed by atoms with van der Waals surface area (Å²) in [6.07, 6.45) is 0.637. The van der Waals surface area contributed by atoms with E-state index >= 15 is 0 Å². The minimum Gasteiger partial charge on any atom is -0.385 e. The molecule has 2 rings (SSSR count). The summed E-state index contributed by atoms with van der Waals surface area (Å²) in [4.78, 5) is 0. The molecule has 1 heteroatoms. The molecule has 0 spiro atoms. The molecule has 1 N–H and O–H groups in total. The molecule has 94 valence electrons. The van der Waals surface area contributed by atoms with Gasteiger partial charge in [0.05, 0.1) is 5.60 Å². The molecule has 0 aromatic heterocycles.